The van der Waals surface area contributed by atoms with Gasteiger partial charge in [-0.05, 0) is 67.7 Å². The highest BCUT2D eigenvalue weighted by molar-refractivity contribution is 7.80. The SMILES string of the molecule is CC(=O)c1ccc(NC(=S)Nc2ccc(OC(F)F)cc2)cc1. The molecule has 0 saturated carbocycles. The molecule has 0 bridgehead atoms. The average Bonchev–Trinajstić information content (AvgIpc) is 2.49. The summed E-state index contributed by atoms with van der Waals surface area (Å²) in [6.45, 7) is -1.36. The van der Waals surface area contributed by atoms with E-state index in [-0.39, 0.29) is 11.5 Å². The lowest BCUT2D eigenvalue weighted by atomic mass is 10.1. The summed E-state index contributed by atoms with van der Waals surface area (Å²) in [6, 6.07) is 12.9. The standard InChI is InChI=1S/C16H14F2N2O2S/c1-10(21)11-2-4-12(5-3-11)19-16(23)20-13-6-8-14(9-7-13)22-15(17)18/h2-9,15H,1H3,(H2,19,20,23). The van der Waals surface area contributed by atoms with Gasteiger partial charge in [-0.1, -0.05) is 0 Å². The summed E-state index contributed by atoms with van der Waals surface area (Å²) >= 11 is 5.16. The highest BCUT2D eigenvalue weighted by Crippen LogP contribution is 2.18. The van der Waals surface area contributed by atoms with Crippen LogP contribution in [-0.4, -0.2) is 17.5 Å². The molecule has 0 aromatic heterocycles. The number of ether oxygens (including phenoxy) is 1. The lowest BCUT2D eigenvalue weighted by Crippen LogP contribution is -2.19. The zero-order valence-electron chi connectivity index (χ0n) is 12.2. The van der Waals surface area contributed by atoms with Crippen molar-refractivity contribution in [1.29, 1.82) is 0 Å². The van der Waals surface area contributed by atoms with Crippen LogP contribution in [0.2, 0.25) is 0 Å². The van der Waals surface area contributed by atoms with E-state index in [0.29, 0.717) is 16.4 Å². The number of alkyl halides is 2. The van der Waals surface area contributed by atoms with Gasteiger partial charge in [-0.25, -0.2) is 0 Å². The van der Waals surface area contributed by atoms with Crippen LogP contribution < -0.4 is 15.4 Å². The Labute approximate surface area is 137 Å². The van der Waals surface area contributed by atoms with Gasteiger partial charge in [0.05, 0.1) is 0 Å². The molecule has 2 aromatic carbocycles. The molecule has 0 aliphatic rings. The summed E-state index contributed by atoms with van der Waals surface area (Å²) in [6.07, 6.45) is 0. The Morgan fingerprint density at radius 1 is 1.00 bits per heavy atom. The monoisotopic (exact) mass is 336 g/mol. The third-order valence-corrected chi connectivity index (χ3v) is 3.09. The summed E-state index contributed by atoms with van der Waals surface area (Å²) < 4.78 is 28.4. The smallest absolute Gasteiger partial charge is 0.387 e. The number of halogens is 2. The molecule has 2 aromatic rings. The van der Waals surface area contributed by atoms with Gasteiger partial charge in [-0.15, -0.1) is 0 Å². The number of hydrogen-bond donors (Lipinski definition) is 2. The molecule has 0 heterocycles. The maximum atomic E-state index is 12.1. The number of hydrogen-bond acceptors (Lipinski definition) is 3. The van der Waals surface area contributed by atoms with Crippen molar-refractivity contribution >= 4 is 34.5 Å². The second kappa shape index (κ2) is 7.64. The van der Waals surface area contributed by atoms with Crippen molar-refractivity contribution < 1.29 is 18.3 Å². The third kappa shape index (κ3) is 5.30. The van der Waals surface area contributed by atoms with Crippen molar-refractivity contribution in [3.05, 3.63) is 54.1 Å². The Kier molecular flexibility index (Phi) is 5.59. The highest BCUT2D eigenvalue weighted by atomic mass is 32.1. The van der Waals surface area contributed by atoms with Gasteiger partial charge in [0.15, 0.2) is 10.9 Å². The number of carbonyl (C=O) groups excluding carboxylic acids is 1. The van der Waals surface area contributed by atoms with E-state index in [2.05, 4.69) is 15.4 Å². The second-order valence-electron chi connectivity index (χ2n) is 4.62. The fourth-order valence-electron chi connectivity index (χ4n) is 1.80. The molecule has 4 nitrogen and oxygen atoms in total. The van der Waals surface area contributed by atoms with Gasteiger partial charge in [0, 0.05) is 16.9 Å². The van der Waals surface area contributed by atoms with Crippen LogP contribution in [0, 0.1) is 0 Å². The number of nitrogens with one attached hydrogen (secondary N) is 2. The molecule has 2 N–H and O–H groups in total. The van der Waals surface area contributed by atoms with Crippen LogP contribution >= 0.6 is 12.2 Å². The summed E-state index contributed by atoms with van der Waals surface area (Å²) in [5, 5.41) is 6.22. The van der Waals surface area contributed by atoms with Gasteiger partial charge in [0.2, 0.25) is 0 Å². The van der Waals surface area contributed by atoms with Crippen molar-refractivity contribution in [2.45, 2.75) is 13.5 Å². The molecule has 0 aliphatic heterocycles. The number of ketones is 1. The lowest BCUT2D eigenvalue weighted by Gasteiger charge is -2.11. The van der Waals surface area contributed by atoms with E-state index < -0.39 is 6.61 Å². The number of carbonyl (C=O) groups is 1. The van der Waals surface area contributed by atoms with Crippen LogP contribution in [0.5, 0.6) is 5.75 Å². The van der Waals surface area contributed by atoms with E-state index in [1.807, 2.05) is 0 Å². The van der Waals surface area contributed by atoms with E-state index in [1.54, 1.807) is 36.4 Å². The molecule has 2 rings (SSSR count). The molecule has 0 fully saturated rings. The fourth-order valence-corrected chi connectivity index (χ4v) is 2.04. The first-order valence-electron chi connectivity index (χ1n) is 6.68. The Hall–Kier alpha value is -2.54. The van der Waals surface area contributed by atoms with Gasteiger partial charge < -0.3 is 15.4 Å². The van der Waals surface area contributed by atoms with E-state index in [1.165, 1.54) is 19.1 Å². The van der Waals surface area contributed by atoms with Crippen LogP contribution in [0.15, 0.2) is 48.5 Å². The highest BCUT2D eigenvalue weighted by Gasteiger charge is 2.05. The molecule has 0 atom stereocenters. The minimum absolute atomic E-state index is 0.0108. The summed E-state index contributed by atoms with van der Waals surface area (Å²) in [4.78, 5) is 11.2. The van der Waals surface area contributed by atoms with Crippen molar-refractivity contribution in [2.75, 3.05) is 10.6 Å². The van der Waals surface area contributed by atoms with Crippen molar-refractivity contribution in [3.63, 3.8) is 0 Å². The predicted molar refractivity (Wildman–Crippen MR) is 89.4 cm³/mol. The van der Waals surface area contributed by atoms with Crippen LogP contribution in [0.1, 0.15) is 17.3 Å². The minimum atomic E-state index is -2.85. The summed E-state index contributed by atoms with van der Waals surface area (Å²) in [5.74, 6) is 0.0626. The largest absolute Gasteiger partial charge is 0.435 e. The first kappa shape index (κ1) is 16.8. The first-order valence-corrected chi connectivity index (χ1v) is 7.09. The van der Waals surface area contributed by atoms with Crippen molar-refractivity contribution in [1.82, 2.24) is 0 Å². The molecule has 0 aliphatic carbocycles. The fraction of sp³-hybridized carbons (Fsp3) is 0.125. The minimum Gasteiger partial charge on any atom is -0.435 e. The molecule has 23 heavy (non-hydrogen) atoms. The number of rotatable bonds is 5. The molecule has 7 heteroatoms. The quantitative estimate of drug-likeness (QED) is 0.630. The van der Waals surface area contributed by atoms with Gasteiger partial charge in [-0.3, -0.25) is 4.79 Å². The maximum absolute atomic E-state index is 12.1. The van der Waals surface area contributed by atoms with Gasteiger partial charge in [0.1, 0.15) is 5.75 Å². The topological polar surface area (TPSA) is 50.4 Å². The first-order chi connectivity index (χ1) is 10.9. The third-order valence-electron chi connectivity index (χ3n) is 2.89. The zero-order valence-corrected chi connectivity index (χ0v) is 13.0. The molecular weight excluding hydrogens is 322 g/mol. The van der Waals surface area contributed by atoms with Crippen molar-refractivity contribution in [2.24, 2.45) is 0 Å². The predicted octanol–water partition coefficient (Wildman–Crippen LogP) is 4.30. The van der Waals surface area contributed by atoms with Crippen LogP contribution in [-0.2, 0) is 0 Å². The zero-order chi connectivity index (χ0) is 16.8. The molecule has 0 radical (unpaired) electrons. The van der Waals surface area contributed by atoms with E-state index >= 15 is 0 Å². The summed E-state index contributed by atoms with van der Waals surface area (Å²) in [7, 11) is 0. The molecule has 0 spiro atoms. The van der Waals surface area contributed by atoms with Crippen LogP contribution in [0.3, 0.4) is 0 Å². The summed E-state index contributed by atoms with van der Waals surface area (Å²) in [5.41, 5.74) is 1.97. The molecule has 0 saturated heterocycles. The Morgan fingerprint density at radius 2 is 1.48 bits per heavy atom. The molecule has 0 unspecified atom stereocenters. The molecular formula is C16H14F2N2O2S. The second-order valence-corrected chi connectivity index (χ2v) is 5.02. The van der Waals surface area contributed by atoms with Gasteiger partial charge >= 0.3 is 6.61 Å². The maximum Gasteiger partial charge on any atom is 0.387 e. The van der Waals surface area contributed by atoms with E-state index in [9.17, 15) is 13.6 Å². The Bertz CT molecular complexity index is 688. The normalized spacial score (nSPS) is 10.3. The van der Waals surface area contributed by atoms with Gasteiger partial charge in [-0.2, -0.15) is 8.78 Å². The lowest BCUT2D eigenvalue weighted by molar-refractivity contribution is -0.0498. The van der Waals surface area contributed by atoms with Crippen LogP contribution in [0.4, 0.5) is 20.2 Å². The van der Waals surface area contributed by atoms with Crippen LogP contribution in [0.25, 0.3) is 0 Å². The average molecular weight is 336 g/mol. The molecule has 120 valence electrons. The molecule has 0 amide bonds. The number of anilines is 2. The Balaban J connectivity index is 1.92. The van der Waals surface area contributed by atoms with E-state index in [0.717, 1.165) is 5.69 Å². The number of benzene rings is 2. The Morgan fingerprint density at radius 3 is 1.91 bits per heavy atom. The van der Waals surface area contributed by atoms with E-state index in [4.69, 9.17) is 12.2 Å². The number of Topliss-reactive ketones (excluding diaryl/α,β-unsaturated/α-hetero) is 1. The van der Waals surface area contributed by atoms with Crippen molar-refractivity contribution in [3.8, 4) is 5.75 Å². The van der Waals surface area contributed by atoms with Gasteiger partial charge in [0.25, 0.3) is 0 Å². The number of thiocarbonyl (C=S) groups is 1.